The Balaban J connectivity index is 1.97. The van der Waals surface area contributed by atoms with Gasteiger partial charge in [-0.2, -0.15) is 0 Å². The summed E-state index contributed by atoms with van der Waals surface area (Å²) in [5, 5.41) is 10.4. The van der Waals surface area contributed by atoms with Crippen LogP contribution in [0.15, 0.2) is 62.7 Å². The molecule has 1 aromatic carbocycles. The summed E-state index contributed by atoms with van der Waals surface area (Å²) in [6.07, 6.45) is 1.51. The van der Waals surface area contributed by atoms with E-state index in [1.165, 1.54) is 13.3 Å². The second-order valence-electron chi connectivity index (χ2n) is 6.64. The highest BCUT2D eigenvalue weighted by molar-refractivity contribution is 5.81. The van der Waals surface area contributed by atoms with Crippen LogP contribution in [0.1, 0.15) is 5.76 Å². The molecule has 158 valence electrons. The average molecular weight is 421 g/mol. The first kappa shape index (κ1) is 20.2. The van der Waals surface area contributed by atoms with Crippen LogP contribution >= 0.6 is 0 Å². The van der Waals surface area contributed by atoms with E-state index in [0.29, 0.717) is 22.6 Å². The Labute approximate surface area is 175 Å². The topological polar surface area (TPSA) is 130 Å². The summed E-state index contributed by atoms with van der Waals surface area (Å²) in [5.74, 6) is 0.455. The first-order valence-corrected chi connectivity index (χ1v) is 9.29. The van der Waals surface area contributed by atoms with E-state index < -0.39 is 11.2 Å². The molecule has 3 aromatic heterocycles. The zero-order valence-corrected chi connectivity index (χ0v) is 16.8. The molecule has 0 unspecified atom stereocenters. The van der Waals surface area contributed by atoms with Crippen LogP contribution in [-0.2, 0) is 11.3 Å². The Morgan fingerprint density at radius 3 is 2.58 bits per heavy atom. The number of rotatable bonds is 6. The van der Waals surface area contributed by atoms with Crippen molar-refractivity contribution in [2.45, 2.75) is 6.61 Å². The lowest BCUT2D eigenvalue weighted by molar-refractivity contribution is 0.162. The first-order valence-electron chi connectivity index (χ1n) is 9.29. The van der Waals surface area contributed by atoms with Gasteiger partial charge in [-0.15, -0.1) is 0 Å². The van der Waals surface area contributed by atoms with Gasteiger partial charge in [-0.1, -0.05) is 0 Å². The quantitative estimate of drug-likeness (QED) is 0.436. The minimum absolute atomic E-state index is 0.0414. The van der Waals surface area contributed by atoms with Gasteiger partial charge >= 0.3 is 0 Å². The molecule has 4 aromatic rings. The zero-order chi connectivity index (χ0) is 22.0. The van der Waals surface area contributed by atoms with Gasteiger partial charge in [-0.25, -0.2) is 4.98 Å². The third-order valence-electron chi connectivity index (χ3n) is 4.63. The summed E-state index contributed by atoms with van der Waals surface area (Å²) in [5.41, 5.74) is 0.610. The van der Waals surface area contributed by atoms with E-state index in [1.54, 1.807) is 43.5 Å². The molecule has 0 aliphatic heterocycles. The second-order valence-corrected chi connectivity index (χ2v) is 6.64. The molecule has 0 spiro atoms. The second kappa shape index (κ2) is 8.33. The fourth-order valence-corrected chi connectivity index (χ4v) is 3.15. The molecule has 9 nitrogen and oxygen atoms in total. The molecular formula is C22H19N3O6. The van der Waals surface area contributed by atoms with Crippen LogP contribution in [0, 0.1) is 0 Å². The maximum atomic E-state index is 12.3. The predicted molar refractivity (Wildman–Crippen MR) is 113 cm³/mol. The lowest BCUT2D eigenvalue weighted by Crippen LogP contribution is -2.07. The van der Waals surface area contributed by atoms with Crippen molar-refractivity contribution in [3.63, 3.8) is 0 Å². The standard InChI is InChI=1S/C22H19N3O6/c1-29-11-14-10-16(26)19(27)20(31-14)18-17(12-5-7-13(30-2)8-6-12)24-21(25-18)15-4-3-9-23-22(15)28/h3-10,27H,11H2,1-2H3,(H,23,28)(H,24,25). The van der Waals surface area contributed by atoms with Crippen LogP contribution in [0.25, 0.3) is 34.1 Å². The van der Waals surface area contributed by atoms with Crippen molar-refractivity contribution < 1.29 is 19.0 Å². The smallest absolute Gasteiger partial charge is 0.258 e. The number of hydrogen-bond donors (Lipinski definition) is 3. The van der Waals surface area contributed by atoms with Gasteiger partial charge in [0, 0.05) is 24.9 Å². The molecule has 0 amide bonds. The number of imidazole rings is 1. The number of nitrogens with one attached hydrogen (secondary N) is 2. The molecule has 9 heteroatoms. The summed E-state index contributed by atoms with van der Waals surface area (Å²) in [6.45, 7) is 0.0414. The van der Waals surface area contributed by atoms with Crippen LogP contribution in [-0.4, -0.2) is 34.3 Å². The lowest BCUT2D eigenvalue weighted by atomic mass is 10.1. The summed E-state index contributed by atoms with van der Waals surface area (Å²) in [4.78, 5) is 34.8. The highest BCUT2D eigenvalue weighted by atomic mass is 16.5. The molecular weight excluding hydrogens is 402 g/mol. The van der Waals surface area contributed by atoms with Gasteiger partial charge in [0.2, 0.25) is 11.2 Å². The number of aromatic hydroxyl groups is 1. The molecule has 0 radical (unpaired) electrons. The summed E-state index contributed by atoms with van der Waals surface area (Å²) >= 11 is 0. The average Bonchev–Trinajstić information content (AvgIpc) is 3.21. The third kappa shape index (κ3) is 3.86. The number of H-pyrrole nitrogens is 2. The molecule has 0 fully saturated rings. The van der Waals surface area contributed by atoms with Crippen LogP contribution in [0.4, 0.5) is 0 Å². The highest BCUT2D eigenvalue weighted by Crippen LogP contribution is 2.36. The minimum atomic E-state index is -0.623. The Bertz CT molecular complexity index is 1330. The molecule has 0 aliphatic carbocycles. The van der Waals surface area contributed by atoms with E-state index in [0.717, 1.165) is 6.07 Å². The SMILES string of the molecule is COCc1cc(=O)c(O)c(-c2[nH]c(-c3ccc[nH]c3=O)nc2-c2ccc(OC)cc2)o1. The summed E-state index contributed by atoms with van der Waals surface area (Å²) in [7, 11) is 3.02. The maximum absolute atomic E-state index is 12.3. The molecule has 4 rings (SSSR count). The van der Waals surface area contributed by atoms with Gasteiger partial charge in [0.15, 0.2) is 5.76 Å². The van der Waals surface area contributed by atoms with Gasteiger partial charge in [-0.05, 0) is 36.4 Å². The van der Waals surface area contributed by atoms with Crippen molar-refractivity contribution >= 4 is 0 Å². The first-order chi connectivity index (χ1) is 15.0. The van der Waals surface area contributed by atoms with Crippen LogP contribution in [0.3, 0.4) is 0 Å². The van der Waals surface area contributed by atoms with E-state index >= 15 is 0 Å². The Hall–Kier alpha value is -4.11. The van der Waals surface area contributed by atoms with Crippen molar-refractivity contribution in [3.8, 4) is 45.6 Å². The molecule has 3 heterocycles. The normalized spacial score (nSPS) is 10.9. The van der Waals surface area contributed by atoms with Gasteiger partial charge in [0.25, 0.3) is 5.56 Å². The number of hydrogen-bond acceptors (Lipinski definition) is 7. The molecule has 0 aliphatic rings. The number of aromatic amines is 2. The number of nitrogens with zero attached hydrogens (tertiary/aromatic N) is 1. The van der Waals surface area contributed by atoms with E-state index in [-0.39, 0.29) is 35.2 Å². The predicted octanol–water partition coefficient (Wildman–Crippen LogP) is 2.91. The molecule has 0 bridgehead atoms. The molecule has 0 atom stereocenters. The lowest BCUT2D eigenvalue weighted by Gasteiger charge is -2.07. The van der Waals surface area contributed by atoms with Crippen LogP contribution < -0.4 is 15.7 Å². The molecule has 0 saturated heterocycles. The summed E-state index contributed by atoms with van der Waals surface area (Å²) < 4.78 is 16.0. The number of aromatic nitrogens is 3. The number of methoxy groups -OCH3 is 2. The molecule has 3 N–H and O–H groups in total. The van der Waals surface area contributed by atoms with Crippen LogP contribution in [0.5, 0.6) is 11.5 Å². The van der Waals surface area contributed by atoms with Crippen molar-refractivity contribution in [2.24, 2.45) is 0 Å². The highest BCUT2D eigenvalue weighted by Gasteiger charge is 2.23. The maximum Gasteiger partial charge on any atom is 0.258 e. The van der Waals surface area contributed by atoms with Gasteiger partial charge in [-0.3, -0.25) is 9.59 Å². The number of ether oxygens (including phenoxy) is 2. The number of benzene rings is 1. The van der Waals surface area contributed by atoms with E-state index in [9.17, 15) is 14.7 Å². The van der Waals surface area contributed by atoms with Crippen molar-refractivity contribution in [1.82, 2.24) is 15.0 Å². The third-order valence-corrected chi connectivity index (χ3v) is 4.63. The van der Waals surface area contributed by atoms with E-state index in [4.69, 9.17) is 13.9 Å². The molecule has 31 heavy (non-hydrogen) atoms. The fourth-order valence-electron chi connectivity index (χ4n) is 3.15. The minimum Gasteiger partial charge on any atom is -0.501 e. The Kier molecular flexibility index (Phi) is 5.42. The van der Waals surface area contributed by atoms with Gasteiger partial charge < -0.3 is 29.0 Å². The van der Waals surface area contributed by atoms with Gasteiger partial charge in [0.05, 0.1) is 12.7 Å². The number of pyridine rings is 1. The fraction of sp³-hybridized carbons (Fsp3) is 0.136. The van der Waals surface area contributed by atoms with Crippen molar-refractivity contribution in [1.29, 1.82) is 0 Å². The Morgan fingerprint density at radius 1 is 1.13 bits per heavy atom. The Morgan fingerprint density at radius 2 is 1.90 bits per heavy atom. The summed E-state index contributed by atoms with van der Waals surface area (Å²) in [6, 6.07) is 11.5. The van der Waals surface area contributed by atoms with Crippen molar-refractivity contribution in [2.75, 3.05) is 14.2 Å². The zero-order valence-electron chi connectivity index (χ0n) is 16.8. The van der Waals surface area contributed by atoms with E-state index in [1.807, 2.05) is 0 Å². The monoisotopic (exact) mass is 421 g/mol. The van der Waals surface area contributed by atoms with Crippen LogP contribution in [0.2, 0.25) is 0 Å². The van der Waals surface area contributed by atoms with E-state index in [2.05, 4.69) is 15.0 Å². The van der Waals surface area contributed by atoms with Crippen molar-refractivity contribution in [3.05, 3.63) is 75.0 Å². The van der Waals surface area contributed by atoms with Gasteiger partial charge in [0.1, 0.15) is 35.3 Å². The largest absolute Gasteiger partial charge is 0.501 e. The molecule has 0 saturated carbocycles.